The first-order valence-corrected chi connectivity index (χ1v) is 6.17. The topological polar surface area (TPSA) is 101 Å². The zero-order chi connectivity index (χ0) is 14.8. The summed E-state index contributed by atoms with van der Waals surface area (Å²) >= 11 is 0. The van der Waals surface area contributed by atoms with Crippen LogP contribution >= 0.6 is 0 Å². The van der Waals surface area contributed by atoms with Gasteiger partial charge in [0.05, 0.1) is 6.10 Å². The van der Waals surface area contributed by atoms with Gasteiger partial charge in [-0.25, -0.2) is 4.79 Å². The second-order valence-corrected chi connectivity index (χ2v) is 4.32. The quantitative estimate of drug-likeness (QED) is 0.272. The highest BCUT2D eigenvalue weighted by Gasteiger charge is 2.24. The van der Waals surface area contributed by atoms with Crippen molar-refractivity contribution in [3.63, 3.8) is 0 Å². The molecule has 1 unspecified atom stereocenters. The van der Waals surface area contributed by atoms with Crippen molar-refractivity contribution >= 4 is 17.9 Å². The molecular formula is C13H20O6. The van der Waals surface area contributed by atoms with E-state index in [2.05, 4.69) is 6.58 Å². The molecule has 0 heterocycles. The Labute approximate surface area is 112 Å². The number of carbonyl (C=O) groups is 3. The van der Waals surface area contributed by atoms with Crippen molar-refractivity contribution in [1.82, 2.24) is 0 Å². The Hall–Kier alpha value is -1.85. The molecule has 0 amide bonds. The van der Waals surface area contributed by atoms with E-state index < -0.39 is 23.8 Å². The number of hydrogen-bond acceptors (Lipinski definition) is 4. The number of ether oxygens (including phenoxy) is 1. The van der Waals surface area contributed by atoms with Crippen LogP contribution in [-0.2, 0) is 19.1 Å². The fourth-order valence-electron chi connectivity index (χ4n) is 1.61. The highest BCUT2D eigenvalue weighted by molar-refractivity contribution is 5.92. The summed E-state index contributed by atoms with van der Waals surface area (Å²) in [6.07, 6.45) is 3.62. The minimum atomic E-state index is -1.34. The molecule has 0 saturated carbocycles. The van der Waals surface area contributed by atoms with Crippen LogP contribution in [0.5, 0.6) is 0 Å². The average Bonchev–Trinajstić information content (AvgIpc) is 2.32. The summed E-state index contributed by atoms with van der Waals surface area (Å²) in [5.41, 5.74) is 0. The van der Waals surface area contributed by atoms with Gasteiger partial charge in [0.25, 0.3) is 0 Å². The van der Waals surface area contributed by atoms with Crippen molar-refractivity contribution in [3.05, 3.63) is 12.7 Å². The molecule has 2 N–H and O–H groups in total. The maximum atomic E-state index is 10.9. The van der Waals surface area contributed by atoms with Gasteiger partial charge < -0.3 is 14.9 Å². The number of unbranched alkanes of at least 4 members (excludes halogenated alkanes) is 2. The van der Waals surface area contributed by atoms with E-state index in [4.69, 9.17) is 14.9 Å². The minimum Gasteiger partial charge on any atom is -0.481 e. The molecule has 0 rings (SSSR count). The van der Waals surface area contributed by atoms with Gasteiger partial charge in [-0.3, -0.25) is 9.59 Å². The molecule has 108 valence electrons. The fraction of sp³-hybridized carbons (Fsp3) is 0.615. The first-order chi connectivity index (χ1) is 8.88. The molecule has 0 fully saturated rings. The molecule has 19 heavy (non-hydrogen) atoms. The zero-order valence-corrected chi connectivity index (χ0v) is 11.0. The van der Waals surface area contributed by atoms with E-state index in [9.17, 15) is 14.4 Å². The number of rotatable bonds is 10. The van der Waals surface area contributed by atoms with Crippen LogP contribution < -0.4 is 0 Å². The van der Waals surface area contributed by atoms with Crippen molar-refractivity contribution in [2.24, 2.45) is 5.92 Å². The van der Waals surface area contributed by atoms with Crippen molar-refractivity contribution in [1.29, 1.82) is 0 Å². The van der Waals surface area contributed by atoms with E-state index in [0.717, 1.165) is 12.5 Å². The van der Waals surface area contributed by atoms with Crippen LogP contribution in [0.25, 0.3) is 0 Å². The van der Waals surface area contributed by atoms with E-state index in [1.54, 1.807) is 6.92 Å². The maximum absolute atomic E-state index is 10.9. The molecule has 0 aromatic rings. The molecule has 0 aliphatic rings. The molecule has 0 aliphatic heterocycles. The lowest BCUT2D eigenvalue weighted by atomic mass is 10.0. The molecule has 0 bridgehead atoms. The third-order valence-corrected chi connectivity index (χ3v) is 2.68. The maximum Gasteiger partial charge on any atom is 0.330 e. The predicted molar refractivity (Wildman–Crippen MR) is 67.6 cm³/mol. The Kier molecular flexibility index (Phi) is 8.24. The third kappa shape index (κ3) is 7.96. The van der Waals surface area contributed by atoms with Gasteiger partial charge in [0.2, 0.25) is 0 Å². The molecular weight excluding hydrogens is 252 g/mol. The van der Waals surface area contributed by atoms with Gasteiger partial charge in [-0.05, 0) is 26.2 Å². The normalized spacial score (nSPS) is 11.9. The number of carboxylic acid groups (broad SMARTS) is 2. The summed E-state index contributed by atoms with van der Waals surface area (Å²) in [5.74, 6) is -4.41. The highest BCUT2D eigenvalue weighted by Crippen LogP contribution is 2.13. The Morgan fingerprint density at radius 3 is 2.11 bits per heavy atom. The largest absolute Gasteiger partial charge is 0.481 e. The molecule has 6 heteroatoms. The number of carboxylic acids is 2. The Morgan fingerprint density at radius 1 is 1.11 bits per heavy atom. The lowest BCUT2D eigenvalue weighted by molar-refractivity contribution is -0.155. The van der Waals surface area contributed by atoms with Crippen molar-refractivity contribution in [2.75, 3.05) is 0 Å². The van der Waals surface area contributed by atoms with Crippen LogP contribution in [0.1, 0.15) is 39.0 Å². The smallest absolute Gasteiger partial charge is 0.330 e. The van der Waals surface area contributed by atoms with E-state index in [0.29, 0.717) is 19.3 Å². The van der Waals surface area contributed by atoms with Gasteiger partial charge in [-0.1, -0.05) is 19.4 Å². The molecule has 0 aliphatic carbocycles. The summed E-state index contributed by atoms with van der Waals surface area (Å²) in [6, 6.07) is 0. The van der Waals surface area contributed by atoms with Crippen LogP contribution in [0.3, 0.4) is 0 Å². The lowest BCUT2D eigenvalue weighted by Crippen LogP contribution is -2.23. The predicted octanol–water partition coefficient (Wildman–Crippen LogP) is 1.84. The molecule has 0 radical (unpaired) electrons. The van der Waals surface area contributed by atoms with Crippen molar-refractivity contribution in [3.8, 4) is 0 Å². The molecule has 0 aromatic carbocycles. The monoisotopic (exact) mass is 272 g/mol. The Bertz CT molecular complexity index is 322. The molecule has 1 atom stereocenters. The van der Waals surface area contributed by atoms with Gasteiger partial charge in [0.1, 0.15) is 0 Å². The first-order valence-electron chi connectivity index (χ1n) is 6.17. The second-order valence-electron chi connectivity index (χ2n) is 4.32. The fourth-order valence-corrected chi connectivity index (χ4v) is 1.61. The summed E-state index contributed by atoms with van der Waals surface area (Å²) in [7, 11) is 0. The van der Waals surface area contributed by atoms with E-state index in [1.165, 1.54) is 0 Å². The summed E-state index contributed by atoms with van der Waals surface area (Å²) in [5, 5.41) is 17.3. The lowest BCUT2D eigenvalue weighted by Gasteiger charge is -2.11. The van der Waals surface area contributed by atoms with Gasteiger partial charge in [0, 0.05) is 6.08 Å². The summed E-state index contributed by atoms with van der Waals surface area (Å²) in [6.45, 7) is 5.05. The molecule has 0 spiro atoms. The standard InChI is InChI=1S/C13H20O6/c1-3-11(14)19-9(2)7-5-4-6-8-10(12(15)16)13(17)18/h3,9-10H,1,4-8H2,2H3,(H,15,16)(H,17,18). The van der Waals surface area contributed by atoms with Crippen LogP contribution in [0, 0.1) is 5.92 Å². The van der Waals surface area contributed by atoms with E-state index in [1.807, 2.05) is 0 Å². The summed E-state index contributed by atoms with van der Waals surface area (Å²) in [4.78, 5) is 32.1. The number of carbonyl (C=O) groups excluding carboxylic acids is 1. The number of esters is 1. The van der Waals surface area contributed by atoms with Gasteiger partial charge in [0.15, 0.2) is 5.92 Å². The second kappa shape index (κ2) is 9.13. The van der Waals surface area contributed by atoms with Crippen LogP contribution in [0.15, 0.2) is 12.7 Å². The van der Waals surface area contributed by atoms with E-state index in [-0.39, 0.29) is 12.5 Å². The molecule has 6 nitrogen and oxygen atoms in total. The van der Waals surface area contributed by atoms with E-state index >= 15 is 0 Å². The first kappa shape index (κ1) is 17.2. The van der Waals surface area contributed by atoms with Crippen LogP contribution in [0.4, 0.5) is 0 Å². The average molecular weight is 272 g/mol. The van der Waals surface area contributed by atoms with Crippen molar-refractivity contribution < 1.29 is 29.3 Å². The SMILES string of the molecule is C=CC(=O)OC(C)CCCCCC(C(=O)O)C(=O)O. The number of hydrogen-bond donors (Lipinski definition) is 2. The van der Waals surface area contributed by atoms with Crippen molar-refractivity contribution in [2.45, 2.75) is 45.1 Å². The van der Waals surface area contributed by atoms with Crippen LogP contribution in [0.2, 0.25) is 0 Å². The van der Waals surface area contributed by atoms with Gasteiger partial charge in [-0.15, -0.1) is 0 Å². The Balaban J connectivity index is 3.75. The van der Waals surface area contributed by atoms with Gasteiger partial charge in [-0.2, -0.15) is 0 Å². The molecule has 0 aromatic heterocycles. The third-order valence-electron chi connectivity index (χ3n) is 2.68. The molecule has 0 saturated heterocycles. The van der Waals surface area contributed by atoms with Crippen LogP contribution in [-0.4, -0.2) is 34.2 Å². The Morgan fingerprint density at radius 2 is 1.63 bits per heavy atom. The van der Waals surface area contributed by atoms with Gasteiger partial charge >= 0.3 is 17.9 Å². The summed E-state index contributed by atoms with van der Waals surface area (Å²) < 4.78 is 4.96. The minimum absolute atomic E-state index is 0.117. The zero-order valence-electron chi connectivity index (χ0n) is 11.0. The number of aliphatic carboxylic acids is 2. The highest BCUT2D eigenvalue weighted by atomic mass is 16.5.